The maximum Gasteiger partial charge on any atom is 0.259 e. The lowest BCUT2D eigenvalue weighted by atomic mass is 10.4. The number of nitrogens with one attached hydrogen (secondary N) is 1. The zero-order chi connectivity index (χ0) is 11.5. The molecule has 3 N–H and O–H groups in total. The van der Waals surface area contributed by atoms with E-state index in [2.05, 4.69) is 9.71 Å². The maximum absolute atomic E-state index is 11.6. The summed E-state index contributed by atoms with van der Waals surface area (Å²) in [6, 6.07) is 0. The highest BCUT2D eigenvalue weighted by molar-refractivity contribution is 7.89. The second kappa shape index (κ2) is 6.19. The number of hydrogen-bond donors (Lipinski definition) is 2. The lowest BCUT2D eigenvalue weighted by Crippen LogP contribution is -2.26. The molecule has 0 aliphatic rings. The van der Waals surface area contributed by atoms with E-state index in [-0.39, 0.29) is 17.4 Å². The van der Waals surface area contributed by atoms with E-state index < -0.39 is 10.0 Å². The molecule has 0 saturated heterocycles. The molecule has 16 heavy (non-hydrogen) atoms. The summed E-state index contributed by atoms with van der Waals surface area (Å²) < 4.78 is 27.4. The van der Waals surface area contributed by atoms with Gasteiger partial charge >= 0.3 is 0 Å². The van der Waals surface area contributed by atoms with E-state index in [0.29, 0.717) is 25.3 Å². The molecule has 0 spiro atoms. The third-order valence-electron chi connectivity index (χ3n) is 2.03. The van der Waals surface area contributed by atoms with Gasteiger partial charge in [-0.2, -0.15) is 0 Å². The Labute approximate surface area is 102 Å². The van der Waals surface area contributed by atoms with Crippen LogP contribution in [-0.4, -0.2) is 31.1 Å². The Kier molecular flexibility index (Phi) is 5.95. The van der Waals surface area contributed by atoms with Gasteiger partial charge in [-0.25, -0.2) is 18.1 Å². The van der Waals surface area contributed by atoms with Crippen LogP contribution >= 0.6 is 12.4 Å². The van der Waals surface area contributed by atoms with Crippen molar-refractivity contribution in [3.8, 4) is 0 Å². The van der Waals surface area contributed by atoms with Crippen molar-refractivity contribution in [1.29, 1.82) is 0 Å². The van der Waals surface area contributed by atoms with Gasteiger partial charge in [0.15, 0.2) is 5.03 Å². The highest BCUT2D eigenvalue weighted by Crippen LogP contribution is 2.06. The van der Waals surface area contributed by atoms with Crippen LogP contribution in [0, 0.1) is 6.92 Å². The van der Waals surface area contributed by atoms with E-state index in [1.807, 2.05) is 0 Å². The predicted octanol–water partition coefficient (Wildman–Crippen LogP) is -0.223. The molecule has 0 radical (unpaired) electrons. The van der Waals surface area contributed by atoms with Gasteiger partial charge in [0.1, 0.15) is 5.82 Å². The second-order valence-electron chi connectivity index (χ2n) is 3.28. The van der Waals surface area contributed by atoms with Gasteiger partial charge in [0.2, 0.25) is 0 Å². The van der Waals surface area contributed by atoms with E-state index in [0.717, 1.165) is 0 Å². The summed E-state index contributed by atoms with van der Waals surface area (Å²) in [5.41, 5.74) is 5.27. The van der Waals surface area contributed by atoms with E-state index in [1.165, 1.54) is 6.20 Å². The molecule has 0 bridgehead atoms. The van der Waals surface area contributed by atoms with E-state index >= 15 is 0 Å². The van der Waals surface area contributed by atoms with Crippen LogP contribution in [0.2, 0.25) is 0 Å². The van der Waals surface area contributed by atoms with Gasteiger partial charge in [-0.1, -0.05) is 0 Å². The Morgan fingerprint density at radius 1 is 1.56 bits per heavy atom. The second-order valence-corrected chi connectivity index (χ2v) is 4.99. The zero-order valence-corrected chi connectivity index (χ0v) is 10.9. The Morgan fingerprint density at radius 2 is 2.19 bits per heavy atom. The standard InChI is InChI=1S/C8H16N4O2S.ClH/c1-7-11-8(6-12(7)2)15(13,14)10-5-3-4-9;/h6,10H,3-5,9H2,1-2H3;1H. The molecule has 0 fully saturated rings. The van der Waals surface area contributed by atoms with Crippen LogP contribution in [0.1, 0.15) is 12.2 Å². The smallest absolute Gasteiger partial charge is 0.259 e. The Bertz CT molecular complexity index is 410. The van der Waals surface area contributed by atoms with Crippen LogP contribution in [0.25, 0.3) is 0 Å². The molecule has 0 aliphatic carbocycles. The first-order chi connectivity index (χ1) is 6.97. The fraction of sp³-hybridized carbons (Fsp3) is 0.625. The average molecular weight is 269 g/mol. The third kappa shape index (κ3) is 3.75. The van der Waals surface area contributed by atoms with Crippen molar-refractivity contribution in [3.63, 3.8) is 0 Å². The lowest BCUT2D eigenvalue weighted by molar-refractivity contribution is 0.576. The molecule has 1 rings (SSSR count). The monoisotopic (exact) mass is 268 g/mol. The van der Waals surface area contributed by atoms with Gasteiger partial charge in [-0.05, 0) is 19.9 Å². The number of rotatable bonds is 5. The number of halogens is 1. The summed E-state index contributed by atoms with van der Waals surface area (Å²) in [5.74, 6) is 0.661. The number of sulfonamides is 1. The minimum absolute atomic E-state index is 0. The Hall–Kier alpha value is -0.630. The van der Waals surface area contributed by atoms with Crippen LogP contribution < -0.4 is 10.5 Å². The molecular weight excluding hydrogens is 252 g/mol. The average Bonchev–Trinajstić information content (AvgIpc) is 2.48. The number of imidazole rings is 1. The van der Waals surface area contributed by atoms with Crippen molar-refractivity contribution in [2.75, 3.05) is 13.1 Å². The van der Waals surface area contributed by atoms with E-state index in [4.69, 9.17) is 5.73 Å². The molecule has 0 aliphatic heterocycles. The first kappa shape index (κ1) is 15.4. The summed E-state index contributed by atoms with van der Waals surface area (Å²) in [6.45, 7) is 2.55. The highest BCUT2D eigenvalue weighted by atomic mass is 35.5. The summed E-state index contributed by atoms with van der Waals surface area (Å²) in [4.78, 5) is 3.94. The van der Waals surface area contributed by atoms with E-state index in [1.54, 1.807) is 18.5 Å². The van der Waals surface area contributed by atoms with Gasteiger partial charge in [-0.3, -0.25) is 0 Å². The minimum Gasteiger partial charge on any atom is -0.337 e. The van der Waals surface area contributed by atoms with Crippen molar-refractivity contribution in [2.45, 2.75) is 18.4 Å². The molecule has 6 nitrogen and oxygen atoms in total. The predicted molar refractivity (Wildman–Crippen MR) is 64.1 cm³/mol. The molecule has 1 aromatic rings. The molecule has 0 aromatic carbocycles. The maximum atomic E-state index is 11.6. The minimum atomic E-state index is -3.47. The van der Waals surface area contributed by atoms with Crippen molar-refractivity contribution in [3.05, 3.63) is 12.0 Å². The van der Waals surface area contributed by atoms with Crippen LogP contribution in [0.3, 0.4) is 0 Å². The third-order valence-corrected chi connectivity index (χ3v) is 3.37. The SMILES string of the molecule is Cc1nc(S(=O)(=O)NCCCN)cn1C.Cl. The summed E-state index contributed by atoms with van der Waals surface area (Å²) in [7, 11) is -1.72. The lowest BCUT2D eigenvalue weighted by Gasteiger charge is -2.01. The fourth-order valence-corrected chi connectivity index (χ4v) is 2.15. The largest absolute Gasteiger partial charge is 0.337 e. The number of nitrogens with two attached hydrogens (primary N) is 1. The van der Waals surface area contributed by atoms with Crippen molar-refractivity contribution < 1.29 is 8.42 Å². The zero-order valence-electron chi connectivity index (χ0n) is 9.30. The van der Waals surface area contributed by atoms with Crippen molar-refractivity contribution >= 4 is 22.4 Å². The van der Waals surface area contributed by atoms with Gasteiger partial charge in [-0.15, -0.1) is 12.4 Å². The van der Waals surface area contributed by atoms with E-state index in [9.17, 15) is 8.42 Å². The first-order valence-electron chi connectivity index (χ1n) is 4.67. The summed E-state index contributed by atoms with van der Waals surface area (Å²) >= 11 is 0. The molecular formula is C8H17ClN4O2S. The van der Waals surface area contributed by atoms with Crippen molar-refractivity contribution in [1.82, 2.24) is 14.3 Å². The molecule has 0 unspecified atom stereocenters. The molecule has 0 atom stereocenters. The van der Waals surface area contributed by atoms with Crippen LogP contribution in [0.5, 0.6) is 0 Å². The summed E-state index contributed by atoms with van der Waals surface area (Å²) in [6.07, 6.45) is 2.10. The number of aromatic nitrogens is 2. The first-order valence-corrected chi connectivity index (χ1v) is 6.15. The molecule has 0 saturated carbocycles. The highest BCUT2D eigenvalue weighted by Gasteiger charge is 2.17. The number of hydrogen-bond acceptors (Lipinski definition) is 4. The quantitative estimate of drug-likeness (QED) is 0.723. The van der Waals surface area contributed by atoms with Gasteiger partial charge < -0.3 is 10.3 Å². The van der Waals surface area contributed by atoms with Gasteiger partial charge in [0, 0.05) is 19.8 Å². The Balaban J connectivity index is 0.00000225. The fourth-order valence-electron chi connectivity index (χ4n) is 1.04. The molecule has 1 heterocycles. The Morgan fingerprint density at radius 3 is 2.62 bits per heavy atom. The number of aryl methyl sites for hydroxylation is 2. The molecule has 0 amide bonds. The molecule has 1 aromatic heterocycles. The van der Waals surface area contributed by atoms with Crippen LogP contribution in [0.4, 0.5) is 0 Å². The van der Waals surface area contributed by atoms with Crippen molar-refractivity contribution in [2.24, 2.45) is 12.8 Å². The van der Waals surface area contributed by atoms with Gasteiger partial charge in [0.25, 0.3) is 10.0 Å². The van der Waals surface area contributed by atoms with Crippen LogP contribution in [-0.2, 0) is 17.1 Å². The molecule has 8 heteroatoms. The van der Waals surface area contributed by atoms with Gasteiger partial charge in [0.05, 0.1) is 0 Å². The molecule has 94 valence electrons. The summed E-state index contributed by atoms with van der Waals surface area (Å²) in [5, 5.41) is 0.0551. The number of nitrogens with zero attached hydrogens (tertiary/aromatic N) is 2. The normalized spacial score (nSPS) is 11.2. The topological polar surface area (TPSA) is 90.0 Å². The van der Waals surface area contributed by atoms with Crippen LogP contribution in [0.15, 0.2) is 11.2 Å².